The fourth-order valence-electron chi connectivity index (χ4n) is 4.99. The third kappa shape index (κ3) is 4.25. The Balaban J connectivity index is 1.69. The summed E-state index contributed by atoms with van der Waals surface area (Å²) in [4.78, 5) is 43.5. The first-order valence-electron chi connectivity index (χ1n) is 11.4. The highest BCUT2D eigenvalue weighted by Crippen LogP contribution is 2.53. The number of rotatable bonds is 6. The minimum absolute atomic E-state index is 0.160. The molecule has 36 heavy (non-hydrogen) atoms. The number of furan rings is 1. The van der Waals surface area contributed by atoms with E-state index >= 15 is 0 Å². The van der Waals surface area contributed by atoms with Gasteiger partial charge < -0.3 is 19.7 Å². The monoisotopic (exact) mass is 520 g/mol. The van der Waals surface area contributed by atoms with Crippen molar-refractivity contribution >= 4 is 46.1 Å². The lowest BCUT2D eigenvalue weighted by Crippen LogP contribution is -2.45. The molecule has 4 aromatic rings. The van der Waals surface area contributed by atoms with Crippen molar-refractivity contribution in [3.8, 4) is 0 Å². The zero-order valence-electron chi connectivity index (χ0n) is 19.6. The number of carbonyl (C=O) groups is 3. The van der Waals surface area contributed by atoms with Gasteiger partial charge in [-0.2, -0.15) is 0 Å². The van der Waals surface area contributed by atoms with Crippen molar-refractivity contribution in [1.82, 2.24) is 4.90 Å². The topological polar surface area (TPSA) is 99.9 Å². The minimum atomic E-state index is -1.26. The molecule has 4 heterocycles. The molecule has 0 bridgehead atoms. The zero-order valence-corrected chi connectivity index (χ0v) is 21.2. The molecule has 2 amide bonds. The molecule has 4 unspecified atom stereocenters. The predicted molar refractivity (Wildman–Crippen MR) is 139 cm³/mol. The Morgan fingerprint density at radius 1 is 0.944 bits per heavy atom. The highest BCUT2D eigenvalue weighted by Gasteiger charge is 2.59. The van der Waals surface area contributed by atoms with Crippen molar-refractivity contribution in [2.45, 2.75) is 31.8 Å². The first kappa shape index (κ1) is 24.0. The van der Waals surface area contributed by atoms with Crippen LogP contribution >= 0.6 is 22.7 Å². The number of benzene rings is 1. The van der Waals surface area contributed by atoms with Crippen LogP contribution in [0.15, 0.2) is 75.8 Å². The summed E-state index contributed by atoms with van der Waals surface area (Å²) in [5.41, 5.74) is 1.43. The Labute approximate surface area is 216 Å². The van der Waals surface area contributed by atoms with E-state index in [2.05, 4.69) is 5.32 Å². The molecule has 0 spiro atoms. The minimum Gasteiger partial charge on any atom is -0.480 e. The first-order chi connectivity index (χ1) is 17.4. The van der Waals surface area contributed by atoms with E-state index in [1.54, 1.807) is 43.3 Å². The van der Waals surface area contributed by atoms with Crippen molar-refractivity contribution in [1.29, 1.82) is 0 Å². The molecule has 9 heteroatoms. The third-order valence-corrected chi connectivity index (χ3v) is 8.57. The number of aryl methyl sites for hydroxylation is 2. The van der Waals surface area contributed by atoms with Crippen LogP contribution in [-0.2, 0) is 4.79 Å². The quantitative estimate of drug-likeness (QED) is 0.289. The number of Topliss-reactive ketones (excluding diaryl/α,β-unsaturated/α-hetero) is 1. The fourth-order valence-corrected chi connectivity index (χ4v) is 6.97. The van der Waals surface area contributed by atoms with E-state index in [1.165, 1.54) is 27.6 Å². The summed E-state index contributed by atoms with van der Waals surface area (Å²) in [6.45, 7) is 3.65. The molecule has 1 aliphatic rings. The molecule has 7 nitrogen and oxygen atoms in total. The summed E-state index contributed by atoms with van der Waals surface area (Å²) in [5.74, 6) is -2.35. The molecule has 0 saturated carbocycles. The normalized spacial score (nSPS) is 21.4. The SMILES string of the molecule is Cc1ccc(C(=O)C2C(c3sccc3C)C(C(=O)O)N(C(=O)Nc3ccccc3)C2c2cccs2)o1. The third-order valence-electron chi connectivity index (χ3n) is 6.50. The van der Waals surface area contributed by atoms with Gasteiger partial charge in [-0.05, 0) is 66.6 Å². The van der Waals surface area contributed by atoms with Gasteiger partial charge in [-0.25, -0.2) is 9.59 Å². The molecule has 1 aromatic carbocycles. The summed E-state index contributed by atoms with van der Waals surface area (Å²) in [6.07, 6.45) is 0. The molecule has 184 valence electrons. The number of likely N-dealkylation sites (tertiary alicyclic amines) is 1. The Bertz CT molecular complexity index is 1390. The second kappa shape index (κ2) is 9.75. The van der Waals surface area contributed by atoms with Crippen molar-refractivity contribution in [2.75, 3.05) is 5.32 Å². The number of ketones is 1. The predicted octanol–water partition coefficient (Wildman–Crippen LogP) is 6.34. The van der Waals surface area contributed by atoms with Gasteiger partial charge in [0.25, 0.3) is 0 Å². The molecule has 1 saturated heterocycles. The smallest absolute Gasteiger partial charge is 0.327 e. The van der Waals surface area contributed by atoms with Crippen LogP contribution in [0.25, 0.3) is 0 Å². The lowest BCUT2D eigenvalue weighted by Gasteiger charge is -2.29. The average Bonchev–Trinajstić information content (AvgIpc) is 3.64. The molecule has 1 aliphatic heterocycles. The number of aliphatic carboxylic acids is 1. The Hall–Kier alpha value is -3.69. The fraction of sp³-hybridized carbons (Fsp3) is 0.222. The van der Waals surface area contributed by atoms with Crippen LogP contribution in [-0.4, -0.2) is 33.8 Å². The van der Waals surface area contributed by atoms with E-state index in [1.807, 2.05) is 41.9 Å². The van der Waals surface area contributed by atoms with Crippen LogP contribution in [0.5, 0.6) is 0 Å². The summed E-state index contributed by atoms with van der Waals surface area (Å²) < 4.78 is 5.70. The highest BCUT2D eigenvalue weighted by atomic mass is 32.1. The zero-order chi connectivity index (χ0) is 25.4. The Kier molecular flexibility index (Phi) is 6.51. The van der Waals surface area contributed by atoms with Crippen LogP contribution in [0.3, 0.4) is 0 Å². The van der Waals surface area contributed by atoms with Gasteiger partial charge in [0.1, 0.15) is 11.8 Å². The van der Waals surface area contributed by atoms with Gasteiger partial charge in [0.2, 0.25) is 5.78 Å². The van der Waals surface area contributed by atoms with Crippen molar-refractivity contribution in [2.24, 2.45) is 5.92 Å². The van der Waals surface area contributed by atoms with Gasteiger partial charge >= 0.3 is 12.0 Å². The summed E-state index contributed by atoms with van der Waals surface area (Å²) in [5, 5.41) is 17.1. The number of anilines is 1. The number of thiophene rings is 2. The molecule has 3 aromatic heterocycles. The Morgan fingerprint density at radius 2 is 1.72 bits per heavy atom. The molecule has 5 rings (SSSR count). The largest absolute Gasteiger partial charge is 0.480 e. The second-order valence-electron chi connectivity index (χ2n) is 8.74. The van der Waals surface area contributed by atoms with Gasteiger partial charge in [0.15, 0.2) is 5.76 Å². The van der Waals surface area contributed by atoms with Gasteiger partial charge in [0.05, 0.1) is 12.0 Å². The van der Waals surface area contributed by atoms with E-state index in [-0.39, 0.29) is 11.5 Å². The standard InChI is InChI=1S/C27H24N2O5S2/c1-15-12-14-36-25(15)21-20(24(30)18-11-10-16(2)34-18)22(19-9-6-13-35-19)29(23(21)26(31)32)27(33)28-17-7-4-3-5-8-17/h3-14,20-23H,1-2H3,(H,28,33)(H,31,32). The van der Waals surface area contributed by atoms with E-state index in [4.69, 9.17) is 4.42 Å². The number of hydrogen-bond acceptors (Lipinski definition) is 6. The number of carboxylic acid groups (broad SMARTS) is 1. The lowest BCUT2D eigenvalue weighted by molar-refractivity contribution is -0.142. The molecular formula is C27H24N2O5S2. The van der Waals surface area contributed by atoms with Crippen molar-refractivity contribution in [3.63, 3.8) is 0 Å². The molecule has 1 fully saturated rings. The number of nitrogens with one attached hydrogen (secondary N) is 1. The number of para-hydroxylation sites is 1. The molecule has 0 aliphatic carbocycles. The van der Waals surface area contributed by atoms with Crippen LogP contribution in [0.2, 0.25) is 0 Å². The number of urea groups is 1. The number of amides is 2. The van der Waals surface area contributed by atoms with Gasteiger partial charge in [0, 0.05) is 21.4 Å². The second-order valence-corrected chi connectivity index (χ2v) is 10.7. The first-order valence-corrected chi connectivity index (χ1v) is 13.2. The van der Waals surface area contributed by atoms with Gasteiger partial charge in [-0.15, -0.1) is 22.7 Å². The van der Waals surface area contributed by atoms with Crippen LogP contribution in [0.4, 0.5) is 10.5 Å². The Morgan fingerprint density at radius 3 is 2.31 bits per heavy atom. The molecular weight excluding hydrogens is 496 g/mol. The van der Waals surface area contributed by atoms with Gasteiger partial charge in [-0.3, -0.25) is 4.79 Å². The number of hydrogen-bond donors (Lipinski definition) is 2. The van der Waals surface area contributed by atoms with E-state index in [0.29, 0.717) is 11.4 Å². The van der Waals surface area contributed by atoms with Crippen LogP contribution in [0.1, 0.15) is 43.6 Å². The average molecular weight is 521 g/mol. The molecule has 4 atom stereocenters. The molecule has 0 radical (unpaired) electrons. The van der Waals surface area contributed by atoms with Crippen molar-refractivity contribution < 1.29 is 23.9 Å². The van der Waals surface area contributed by atoms with Gasteiger partial charge in [-0.1, -0.05) is 24.3 Å². The molecule has 2 N–H and O–H groups in total. The van der Waals surface area contributed by atoms with Crippen LogP contribution in [0, 0.1) is 19.8 Å². The number of nitrogens with zero attached hydrogens (tertiary/aromatic N) is 1. The van der Waals surface area contributed by atoms with E-state index in [9.17, 15) is 19.5 Å². The summed E-state index contributed by atoms with van der Waals surface area (Å²) in [6, 6.07) is 15.2. The summed E-state index contributed by atoms with van der Waals surface area (Å²) >= 11 is 2.80. The maximum atomic E-state index is 14.0. The number of carbonyl (C=O) groups excluding carboxylic acids is 2. The van der Waals surface area contributed by atoms with Crippen molar-refractivity contribution in [3.05, 3.63) is 98.3 Å². The van der Waals surface area contributed by atoms with E-state index in [0.717, 1.165) is 15.3 Å². The number of carboxylic acids is 1. The maximum absolute atomic E-state index is 14.0. The maximum Gasteiger partial charge on any atom is 0.327 e. The van der Waals surface area contributed by atoms with E-state index < -0.39 is 35.9 Å². The van der Waals surface area contributed by atoms with Crippen LogP contribution < -0.4 is 5.32 Å². The lowest BCUT2D eigenvalue weighted by atomic mass is 9.80. The highest BCUT2D eigenvalue weighted by molar-refractivity contribution is 7.10. The summed E-state index contributed by atoms with van der Waals surface area (Å²) in [7, 11) is 0.